The highest BCUT2D eigenvalue weighted by atomic mass is 19.4. The molecule has 0 saturated carbocycles. The third kappa shape index (κ3) is 4.25. The van der Waals surface area contributed by atoms with Gasteiger partial charge in [-0.2, -0.15) is 13.2 Å². The molecule has 2 rings (SSSR count). The van der Waals surface area contributed by atoms with Crippen molar-refractivity contribution < 1.29 is 32.1 Å². The van der Waals surface area contributed by atoms with Crippen molar-refractivity contribution in [2.75, 3.05) is 0 Å². The van der Waals surface area contributed by atoms with E-state index in [-0.39, 0.29) is 11.6 Å². The van der Waals surface area contributed by atoms with Crippen molar-refractivity contribution in [2.45, 2.75) is 12.6 Å². The van der Waals surface area contributed by atoms with E-state index in [2.05, 4.69) is 0 Å². The van der Waals surface area contributed by atoms with E-state index in [0.29, 0.717) is 12.1 Å². The zero-order valence-electron chi connectivity index (χ0n) is 12.3. The van der Waals surface area contributed by atoms with Gasteiger partial charge in [0.2, 0.25) is 0 Å². The number of halogens is 4. The smallest absolute Gasteiger partial charge is 0.294 e. The normalized spacial score (nSPS) is 11.2. The number of Topliss-reactive ketones (excluding diaryl/α,β-unsaturated/α-hetero) is 2. The molecule has 0 unspecified atom stereocenters. The van der Waals surface area contributed by atoms with Gasteiger partial charge in [-0.25, -0.2) is 4.39 Å². The summed E-state index contributed by atoms with van der Waals surface area (Å²) in [6.45, 7) is 0. The summed E-state index contributed by atoms with van der Waals surface area (Å²) in [7, 11) is 0. The number of nitro groups is 1. The third-order valence-corrected chi connectivity index (χ3v) is 3.31. The highest BCUT2D eigenvalue weighted by Crippen LogP contribution is 2.33. The predicted octanol–water partition coefficient (Wildman–Crippen LogP) is 4.21. The van der Waals surface area contributed by atoms with E-state index in [9.17, 15) is 37.3 Å². The van der Waals surface area contributed by atoms with Crippen LogP contribution in [0.2, 0.25) is 0 Å². The zero-order chi connectivity index (χ0) is 18.8. The molecule has 0 radical (unpaired) electrons. The van der Waals surface area contributed by atoms with Gasteiger partial charge in [0.05, 0.1) is 22.5 Å². The number of carbonyl (C=O) groups excluding carboxylic acids is 2. The Kier molecular flexibility index (Phi) is 4.96. The van der Waals surface area contributed by atoms with E-state index in [1.165, 1.54) is 0 Å². The van der Waals surface area contributed by atoms with Crippen molar-refractivity contribution in [2.24, 2.45) is 0 Å². The van der Waals surface area contributed by atoms with E-state index in [4.69, 9.17) is 0 Å². The summed E-state index contributed by atoms with van der Waals surface area (Å²) in [5.74, 6) is -2.34. The van der Waals surface area contributed by atoms with Gasteiger partial charge in [-0.3, -0.25) is 19.7 Å². The van der Waals surface area contributed by atoms with E-state index in [1.54, 1.807) is 0 Å². The molecule has 0 aliphatic carbocycles. The summed E-state index contributed by atoms with van der Waals surface area (Å²) >= 11 is 0. The number of hydrogen-bond donors (Lipinski definition) is 0. The topological polar surface area (TPSA) is 77.3 Å². The second-order valence-electron chi connectivity index (χ2n) is 5.02. The molecule has 0 aliphatic rings. The summed E-state index contributed by atoms with van der Waals surface area (Å²) in [6, 6.07) is 5.70. The second kappa shape index (κ2) is 6.80. The molecule has 0 N–H and O–H groups in total. The first-order valence-corrected chi connectivity index (χ1v) is 6.77. The van der Waals surface area contributed by atoms with Crippen LogP contribution in [0.3, 0.4) is 0 Å². The van der Waals surface area contributed by atoms with Gasteiger partial charge in [-0.15, -0.1) is 0 Å². The Morgan fingerprint density at radius 3 is 2.12 bits per heavy atom. The molecule has 0 atom stereocenters. The van der Waals surface area contributed by atoms with Gasteiger partial charge < -0.3 is 0 Å². The molecule has 0 bridgehead atoms. The first-order chi connectivity index (χ1) is 11.6. The Balaban J connectivity index is 2.31. The quantitative estimate of drug-likeness (QED) is 0.265. The van der Waals surface area contributed by atoms with Crippen LogP contribution in [0.1, 0.15) is 32.7 Å². The van der Waals surface area contributed by atoms with Gasteiger partial charge >= 0.3 is 6.18 Å². The molecule has 0 saturated heterocycles. The molecular formula is C16H9F4NO4. The number of benzene rings is 2. The van der Waals surface area contributed by atoms with Crippen LogP contribution < -0.4 is 0 Å². The monoisotopic (exact) mass is 355 g/mol. The SMILES string of the molecule is O=C(CC(=O)c1ccc(C(F)(F)F)cc1[N+](=O)[O-])c1ccc(F)cc1. The summed E-state index contributed by atoms with van der Waals surface area (Å²) in [5.41, 5.74) is -2.91. The van der Waals surface area contributed by atoms with Crippen LogP contribution in [0.5, 0.6) is 0 Å². The summed E-state index contributed by atoms with van der Waals surface area (Å²) in [6.07, 6.45) is -5.60. The van der Waals surface area contributed by atoms with Gasteiger partial charge in [-0.1, -0.05) is 0 Å². The molecule has 0 fully saturated rings. The number of nitrogens with zero attached hydrogens (tertiary/aromatic N) is 1. The Hall–Kier alpha value is -3.10. The Morgan fingerprint density at radius 2 is 1.60 bits per heavy atom. The fourth-order valence-corrected chi connectivity index (χ4v) is 2.07. The van der Waals surface area contributed by atoms with Crippen LogP contribution in [-0.2, 0) is 6.18 Å². The molecule has 0 spiro atoms. The first-order valence-electron chi connectivity index (χ1n) is 6.77. The van der Waals surface area contributed by atoms with Crippen molar-refractivity contribution >= 4 is 17.3 Å². The second-order valence-corrected chi connectivity index (χ2v) is 5.02. The Labute approximate surface area is 138 Å². The van der Waals surface area contributed by atoms with Crippen LogP contribution in [0, 0.1) is 15.9 Å². The highest BCUT2D eigenvalue weighted by Gasteiger charge is 2.34. The maximum absolute atomic E-state index is 12.8. The van der Waals surface area contributed by atoms with Gasteiger partial charge in [0, 0.05) is 11.6 Å². The minimum Gasteiger partial charge on any atom is -0.294 e. The lowest BCUT2D eigenvalue weighted by Crippen LogP contribution is -2.12. The molecule has 0 heterocycles. The van der Waals surface area contributed by atoms with Crippen molar-refractivity contribution in [1.82, 2.24) is 0 Å². The molecule has 130 valence electrons. The lowest BCUT2D eigenvalue weighted by atomic mass is 9.99. The first kappa shape index (κ1) is 18.2. The summed E-state index contributed by atoms with van der Waals surface area (Å²) in [5, 5.41) is 11.0. The standard InChI is InChI=1S/C16H9F4NO4/c17-11-4-1-9(2-5-11)14(22)8-15(23)12-6-3-10(16(18,19)20)7-13(12)21(24)25/h1-7H,8H2. The molecule has 0 aliphatic heterocycles. The van der Waals surface area contributed by atoms with Crippen LogP contribution in [-0.4, -0.2) is 16.5 Å². The Morgan fingerprint density at radius 1 is 1.00 bits per heavy atom. The number of ketones is 2. The van der Waals surface area contributed by atoms with E-state index in [1.807, 2.05) is 0 Å². The van der Waals surface area contributed by atoms with Crippen LogP contribution in [0.4, 0.5) is 23.2 Å². The molecule has 25 heavy (non-hydrogen) atoms. The van der Waals surface area contributed by atoms with E-state index in [0.717, 1.165) is 24.3 Å². The van der Waals surface area contributed by atoms with Gasteiger partial charge in [0.1, 0.15) is 5.82 Å². The van der Waals surface area contributed by atoms with Crippen molar-refractivity contribution in [3.8, 4) is 0 Å². The van der Waals surface area contributed by atoms with Crippen LogP contribution >= 0.6 is 0 Å². The average molecular weight is 355 g/mol. The number of carbonyl (C=O) groups is 2. The highest BCUT2D eigenvalue weighted by molar-refractivity contribution is 6.14. The Bertz CT molecular complexity index is 844. The third-order valence-electron chi connectivity index (χ3n) is 3.31. The van der Waals surface area contributed by atoms with Crippen LogP contribution in [0.15, 0.2) is 42.5 Å². The predicted molar refractivity (Wildman–Crippen MR) is 77.8 cm³/mol. The lowest BCUT2D eigenvalue weighted by molar-refractivity contribution is -0.385. The number of rotatable bonds is 5. The van der Waals surface area contributed by atoms with Gasteiger partial charge in [0.25, 0.3) is 5.69 Å². The number of alkyl halides is 3. The minimum absolute atomic E-state index is 0.00400. The van der Waals surface area contributed by atoms with E-state index < -0.39 is 51.7 Å². The zero-order valence-corrected chi connectivity index (χ0v) is 12.3. The molecule has 9 heteroatoms. The van der Waals surface area contributed by atoms with Gasteiger partial charge in [0.15, 0.2) is 11.6 Å². The molecule has 2 aromatic rings. The largest absolute Gasteiger partial charge is 0.416 e. The van der Waals surface area contributed by atoms with Crippen LogP contribution in [0.25, 0.3) is 0 Å². The van der Waals surface area contributed by atoms with Crippen molar-refractivity contribution in [1.29, 1.82) is 0 Å². The summed E-state index contributed by atoms with van der Waals surface area (Å²) in [4.78, 5) is 33.9. The molecule has 0 aromatic heterocycles. The average Bonchev–Trinajstić information content (AvgIpc) is 2.53. The van der Waals surface area contributed by atoms with Crippen molar-refractivity contribution in [3.63, 3.8) is 0 Å². The van der Waals surface area contributed by atoms with Crippen molar-refractivity contribution in [3.05, 3.63) is 75.1 Å². The fraction of sp³-hybridized carbons (Fsp3) is 0.125. The molecule has 0 amide bonds. The molecular weight excluding hydrogens is 346 g/mol. The lowest BCUT2D eigenvalue weighted by Gasteiger charge is -2.08. The van der Waals surface area contributed by atoms with Gasteiger partial charge in [-0.05, 0) is 36.4 Å². The fourth-order valence-electron chi connectivity index (χ4n) is 2.07. The number of hydrogen-bond acceptors (Lipinski definition) is 4. The number of nitro benzene ring substituents is 1. The minimum atomic E-state index is -4.81. The summed E-state index contributed by atoms with van der Waals surface area (Å²) < 4.78 is 50.7. The van der Waals surface area contributed by atoms with E-state index >= 15 is 0 Å². The maximum atomic E-state index is 12.8. The molecule has 2 aromatic carbocycles. The molecule has 5 nitrogen and oxygen atoms in total. The maximum Gasteiger partial charge on any atom is 0.416 e.